The number of quaternary nitrogens is 1. The molecule has 526 valence electrons. The van der Waals surface area contributed by atoms with Gasteiger partial charge in [0.05, 0.1) is 27.7 Å². The number of ether oxygens (including phenoxy) is 2. The van der Waals surface area contributed by atoms with Crippen LogP contribution in [0, 0.1) is 0 Å². The van der Waals surface area contributed by atoms with Gasteiger partial charge in [-0.3, -0.25) is 14.2 Å². The van der Waals surface area contributed by atoms with Crippen molar-refractivity contribution in [3.8, 4) is 0 Å². The van der Waals surface area contributed by atoms with Crippen LogP contribution >= 0.6 is 7.82 Å². The molecule has 0 aliphatic heterocycles. The summed E-state index contributed by atoms with van der Waals surface area (Å²) in [6.45, 7) is 4.18. The molecule has 0 aromatic rings. The van der Waals surface area contributed by atoms with E-state index >= 15 is 0 Å². The Hall–Kier alpha value is -2.55. The molecule has 0 amide bonds. The zero-order chi connectivity index (χ0) is 65.5. The number of phosphoric ester groups is 1. The van der Waals surface area contributed by atoms with Gasteiger partial charge in [-0.15, -0.1) is 0 Å². The molecular formula is C80H148NO8P. The molecule has 0 rings (SSSR count). The van der Waals surface area contributed by atoms with Crippen LogP contribution in [0.1, 0.15) is 373 Å². The van der Waals surface area contributed by atoms with Crippen LogP contribution in [0.25, 0.3) is 0 Å². The summed E-state index contributed by atoms with van der Waals surface area (Å²) in [6.07, 6.45) is 95.9. The summed E-state index contributed by atoms with van der Waals surface area (Å²) in [6, 6.07) is 0. The summed E-state index contributed by atoms with van der Waals surface area (Å²) in [5.41, 5.74) is 0. The highest BCUT2D eigenvalue weighted by atomic mass is 31.2. The first-order valence-electron chi connectivity index (χ1n) is 38.6. The smallest absolute Gasteiger partial charge is 0.306 e. The zero-order valence-corrected chi connectivity index (χ0v) is 61.0. The molecule has 0 heterocycles. The molecule has 10 heteroatoms. The Kier molecular flexibility index (Phi) is 68.8. The summed E-state index contributed by atoms with van der Waals surface area (Å²) in [7, 11) is 1.18. The first-order chi connectivity index (χ1) is 44.0. The summed E-state index contributed by atoms with van der Waals surface area (Å²) >= 11 is 0. The summed E-state index contributed by atoms with van der Waals surface area (Å²) in [5.74, 6) is -0.816. The van der Waals surface area contributed by atoms with Crippen molar-refractivity contribution in [2.24, 2.45) is 0 Å². The van der Waals surface area contributed by atoms with Crippen molar-refractivity contribution >= 4 is 19.8 Å². The van der Waals surface area contributed by atoms with Crippen molar-refractivity contribution in [3.05, 3.63) is 72.9 Å². The van der Waals surface area contributed by atoms with E-state index in [1.807, 2.05) is 21.1 Å². The number of carbonyl (C=O) groups excluding carboxylic acids is 2. The molecule has 0 N–H and O–H groups in total. The Morgan fingerprint density at radius 1 is 0.356 bits per heavy atom. The second-order valence-corrected chi connectivity index (χ2v) is 28.8. The molecule has 0 bridgehead atoms. The third kappa shape index (κ3) is 74.5. The quantitative estimate of drug-likeness (QED) is 0.0195. The van der Waals surface area contributed by atoms with Gasteiger partial charge >= 0.3 is 11.9 Å². The van der Waals surface area contributed by atoms with E-state index in [9.17, 15) is 19.0 Å². The lowest BCUT2D eigenvalue weighted by Crippen LogP contribution is -2.37. The van der Waals surface area contributed by atoms with Crippen molar-refractivity contribution < 1.29 is 42.1 Å². The van der Waals surface area contributed by atoms with Gasteiger partial charge in [-0.1, -0.05) is 350 Å². The molecule has 0 aromatic carbocycles. The number of rotatable bonds is 72. The van der Waals surface area contributed by atoms with Gasteiger partial charge in [0, 0.05) is 12.8 Å². The highest BCUT2D eigenvalue weighted by molar-refractivity contribution is 7.45. The number of phosphoric acid groups is 1. The summed E-state index contributed by atoms with van der Waals surface area (Å²) in [5, 5.41) is 0. The van der Waals surface area contributed by atoms with E-state index in [-0.39, 0.29) is 32.0 Å². The number of hydrogen-bond acceptors (Lipinski definition) is 8. The number of nitrogens with zero attached hydrogens (tertiary/aromatic N) is 1. The van der Waals surface area contributed by atoms with Gasteiger partial charge in [0.1, 0.15) is 19.8 Å². The van der Waals surface area contributed by atoms with Crippen LogP contribution in [0.15, 0.2) is 72.9 Å². The van der Waals surface area contributed by atoms with E-state index in [1.165, 1.54) is 270 Å². The second kappa shape index (κ2) is 70.8. The minimum absolute atomic E-state index is 0.0304. The van der Waals surface area contributed by atoms with E-state index in [0.717, 1.165) is 70.6 Å². The Labute approximate surface area is 559 Å². The van der Waals surface area contributed by atoms with Crippen LogP contribution in [0.2, 0.25) is 0 Å². The number of unbranched alkanes of at least 4 members (excludes halogenated alkanes) is 46. The van der Waals surface area contributed by atoms with Crippen LogP contribution in [0.3, 0.4) is 0 Å². The van der Waals surface area contributed by atoms with Crippen LogP contribution in [0.4, 0.5) is 0 Å². The fraction of sp³-hybridized carbons (Fsp3) is 0.825. The van der Waals surface area contributed by atoms with Crippen LogP contribution < -0.4 is 4.89 Å². The molecule has 0 fully saturated rings. The Bertz CT molecular complexity index is 1750. The number of likely N-dealkylation sites (N-methyl/N-ethyl adjacent to an activating group) is 1. The van der Waals surface area contributed by atoms with Crippen molar-refractivity contribution in [2.75, 3.05) is 47.5 Å². The molecule has 0 spiro atoms. The predicted octanol–water partition coefficient (Wildman–Crippen LogP) is 24.9. The van der Waals surface area contributed by atoms with Gasteiger partial charge in [0.2, 0.25) is 0 Å². The van der Waals surface area contributed by atoms with Gasteiger partial charge in [-0.05, 0) is 83.5 Å². The average molecular weight is 1280 g/mol. The van der Waals surface area contributed by atoms with Crippen LogP contribution in [-0.4, -0.2) is 70.0 Å². The Morgan fingerprint density at radius 2 is 0.633 bits per heavy atom. The zero-order valence-electron chi connectivity index (χ0n) is 60.1. The highest BCUT2D eigenvalue weighted by Gasteiger charge is 2.22. The Balaban J connectivity index is 3.95. The normalized spacial score (nSPS) is 13.4. The number of carbonyl (C=O) groups is 2. The standard InChI is InChI=1S/C80H148NO8P/c1-6-8-10-12-14-16-18-20-22-24-26-28-30-32-34-36-38-39-40-41-43-44-46-48-50-52-54-56-58-60-62-64-66-68-70-72-79(82)86-76-78(77-88-90(84,85)87-75-74-81(3,4)5)89-80(83)73-71-69-67-65-63-61-59-57-55-53-51-49-47-45-42-37-35-33-31-29-27-25-23-21-19-17-15-13-11-9-7-2/h9,11,15,17,21,23-24,26-27,29,33,35,78H,6-8,10,12-14,16,18-20,22,25,28,30-32,34,36-77H2,1-5H3/b11-9-,17-15-,23-21-,26-24-,29-27-,35-33-. The van der Waals surface area contributed by atoms with Gasteiger partial charge in [-0.2, -0.15) is 0 Å². The monoisotopic (exact) mass is 1280 g/mol. The maximum Gasteiger partial charge on any atom is 0.306 e. The van der Waals surface area contributed by atoms with Gasteiger partial charge < -0.3 is 27.9 Å². The molecule has 0 saturated carbocycles. The topological polar surface area (TPSA) is 111 Å². The minimum atomic E-state index is -4.65. The summed E-state index contributed by atoms with van der Waals surface area (Å²) < 4.78 is 34.4. The van der Waals surface area contributed by atoms with Crippen LogP contribution in [-0.2, 0) is 32.7 Å². The molecule has 90 heavy (non-hydrogen) atoms. The lowest BCUT2D eigenvalue weighted by Gasteiger charge is -2.28. The fourth-order valence-corrected chi connectivity index (χ4v) is 12.1. The second-order valence-electron chi connectivity index (χ2n) is 27.3. The van der Waals surface area contributed by atoms with Gasteiger partial charge in [0.25, 0.3) is 7.82 Å². The molecule has 0 aliphatic carbocycles. The number of allylic oxidation sites excluding steroid dienone is 12. The first-order valence-corrected chi connectivity index (χ1v) is 40.1. The number of esters is 2. The van der Waals surface area contributed by atoms with Gasteiger partial charge in [-0.25, -0.2) is 0 Å². The molecular weight excluding hydrogens is 1130 g/mol. The van der Waals surface area contributed by atoms with E-state index in [0.29, 0.717) is 17.4 Å². The molecule has 0 aliphatic rings. The molecule has 2 atom stereocenters. The highest BCUT2D eigenvalue weighted by Crippen LogP contribution is 2.38. The fourth-order valence-electron chi connectivity index (χ4n) is 11.3. The maximum absolute atomic E-state index is 12.9. The number of hydrogen-bond donors (Lipinski definition) is 0. The molecule has 0 saturated heterocycles. The van der Waals surface area contributed by atoms with Crippen LogP contribution in [0.5, 0.6) is 0 Å². The summed E-state index contributed by atoms with van der Waals surface area (Å²) in [4.78, 5) is 38.2. The van der Waals surface area contributed by atoms with E-state index in [1.54, 1.807) is 0 Å². The maximum atomic E-state index is 12.9. The lowest BCUT2D eigenvalue weighted by molar-refractivity contribution is -0.870. The molecule has 0 radical (unpaired) electrons. The Morgan fingerprint density at radius 3 is 0.956 bits per heavy atom. The van der Waals surface area contributed by atoms with Crippen molar-refractivity contribution in [1.82, 2.24) is 0 Å². The van der Waals surface area contributed by atoms with Crippen molar-refractivity contribution in [2.45, 2.75) is 380 Å². The average Bonchev–Trinajstić information content (AvgIpc) is 3.58. The molecule has 9 nitrogen and oxygen atoms in total. The molecule has 0 aromatic heterocycles. The third-order valence-corrected chi connectivity index (χ3v) is 18.2. The minimum Gasteiger partial charge on any atom is -0.756 e. The largest absolute Gasteiger partial charge is 0.756 e. The van der Waals surface area contributed by atoms with Crippen molar-refractivity contribution in [3.63, 3.8) is 0 Å². The van der Waals surface area contributed by atoms with Gasteiger partial charge in [0.15, 0.2) is 6.10 Å². The van der Waals surface area contributed by atoms with E-state index < -0.39 is 26.5 Å². The lowest BCUT2D eigenvalue weighted by atomic mass is 10.0. The van der Waals surface area contributed by atoms with E-state index in [2.05, 4.69) is 86.8 Å². The third-order valence-electron chi connectivity index (χ3n) is 17.2. The molecule has 2 unspecified atom stereocenters. The first kappa shape index (κ1) is 87.5. The predicted molar refractivity (Wildman–Crippen MR) is 388 cm³/mol. The van der Waals surface area contributed by atoms with E-state index in [4.69, 9.17) is 18.5 Å². The SMILES string of the molecule is CC/C=C\C/C=C\C/C=C\C/C=C\C/C=C\CCCCCCCCCCCCCCCCCC(=O)OC(COC(=O)CCCCCCCCCCCCCCCCCCCCCCCCC/C=C\CCCCCCCCCC)COP(=O)([O-])OCC[N+](C)(C)C. The van der Waals surface area contributed by atoms with Crippen molar-refractivity contribution in [1.29, 1.82) is 0 Å².